The van der Waals surface area contributed by atoms with Crippen LogP contribution >= 0.6 is 0 Å². The van der Waals surface area contributed by atoms with E-state index in [1.165, 1.54) is 0 Å². The van der Waals surface area contributed by atoms with E-state index in [0.717, 1.165) is 21.3 Å². The molecule has 0 radical (unpaired) electrons. The molecule has 0 heterocycles. The molecule has 6 nitrogen and oxygen atoms in total. The van der Waals surface area contributed by atoms with Crippen molar-refractivity contribution in [3.8, 4) is 5.75 Å². The van der Waals surface area contributed by atoms with Gasteiger partial charge in [-0.05, 0) is 61.0 Å². The Morgan fingerprint density at radius 2 is 1.66 bits per heavy atom. The maximum absolute atomic E-state index is 12.5. The molecule has 0 fully saturated rings. The Balaban J connectivity index is 1.76. The summed E-state index contributed by atoms with van der Waals surface area (Å²) < 4.78 is 31.2. The third-order valence-electron chi connectivity index (χ3n) is 4.22. The summed E-state index contributed by atoms with van der Waals surface area (Å²) in [5.41, 5.74) is 1.01. The molecule has 152 valence electrons. The molecule has 0 atom stereocenters. The maximum atomic E-state index is 12.5. The molecule has 0 unspecified atom stereocenters. The smallest absolute Gasteiger partial charge is 0.245 e. The Hall–Kier alpha value is -3.06. The summed E-state index contributed by atoms with van der Waals surface area (Å²) in [5, 5.41) is 4.83. The van der Waals surface area contributed by atoms with Crippen molar-refractivity contribution in [2.75, 3.05) is 22.4 Å². The van der Waals surface area contributed by atoms with Crippen LogP contribution in [-0.4, -0.2) is 33.2 Å². The van der Waals surface area contributed by atoms with Gasteiger partial charge in [0.1, 0.15) is 12.3 Å². The van der Waals surface area contributed by atoms with E-state index in [4.69, 9.17) is 4.74 Å². The van der Waals surface area contributed by atoms with Gasteiger partial charge in [0.05, 0.1) is 18.0 Å². The lowest BCUT2D eigenvalue weighted by Crippen LogP contribution is -2.37. The Bertz CT molecular complexity index is 1110. The van der Waals surface area contributed by atoms with E-state index in [9.17, 15) is 13.2 Å². The molecule has 0 saturated heterocycles. The average Bonchev–Trinajstić information content (AvgIpc) is 2.65. The van der Waals surface area contributed by atoms with Crippen LogP contribution in [-0.2, 0) is 14.8 Å². The van der Waals surface area contributed by atoms with Crippen molar-refractivity contribution in [2.45, 2.75) is 20.0 Å². The molecule has 3 rings (SSSR count). The minimum atomic E-state index is -3.64. The second-order valence-electron chi connectivity index (χ2n) is 7.04. The Kier molecular flexibility index (Phi) is 6.08. The van der Waals surface area contributed by atoms with Crippen LogP contribution < -0.4 is 14.4 Å². The molecule has 0 spiro atoms. The van der Waals surface area contributed by atoms with Gasteiger partial charge >= 0.3 is 0 Å². The van der Waals surface area contributed by atoms with E-state index in [0.29, 0.717) is 17.1 Å². The van der Waals surface area contributed by atoms with Gasteiger partial charge in [-0.25, -0.2) is 8.42 Å². The van der Waals surface area contributed by atoms with Crippen LogP contribution in [0.1, 0.15) is 13.8 Å². The van der Waals surface area contributed by atoms with Crippen molar-refractivity contribution in [1.82, 2.24) is 0 Å². The second-order valence-corrected chi connectivity index (χ2v) is 8.95. The number of carbonyl (C=O) groups is 1. The Morgan fingerprint density at radius 3 is 2.28 bits per heavy atom. The molecule has 0 saturated carbocycles. The summed E-state index contributed by atoms with van der Waals surface area (Å²) >= 11 is 0. The van der Waals surface area contributed by atoms with Gasteiger partial charge in [0.25, 0.3) is 0 Å². The summed E-state index contributed by atoms with van der Waals surface area (Å²) in [6, 6.07) is 20.0. The van der Waals surface area contributed by atoms with Crippen LogP contribution in [0.3, 0.4) is 0 Å². The van der Waals surface area contributed by atoms with Gasteiger partial charge in [-0.15, -0.1) is 0 Å². The third-order valence-corrected chi connectivity index (χ3v) is 5.36. The fraction of sp³-hybridized carbons (Fsp3) is 0.227. The second kappa shape index (κ2) is 8.53. The molecule has 0 aliphatic heterocycles. The number of carbonyl (C=O) groups excluding carboxylic acids is 1. The van der Waals surface area contributed by atoms with Crippen LogP contribution in [0, 0.1) is 0 Å². The Labute approximate surface area is 171 Å². The van der Waals surface area contributed by atoms with Gasteiger partial charge in [0, 0.05) is 5.69 Å². The van der Waals surface area contributed by atoms with Gasteiger partial charge in [0.2, 0.25) is 15.9 Å². The summed E-state index contributed by atoms with van der Waals surface area (Å²) in [5.74, 6) is 0.214. The average molecular weight is 413 g/mol. The molecule has 0 aliphatic carbocycles. The summed E-state index contributed by atoms with van der Waals surface area (Å²) in [6.45, 7) is 3.50. The minimum Gasteiger partial charge on any atom is -0.491 e. The minimum absolute atomic E-state index is 0.0135. The zero-order valence-corrected chi connectivity index (χ0v) is 17.4. The van der Waals surface area contributed by atoms with E-state index in [1.807, 2.05) is 50.2 Å². The first-order valence-corrected chi connectivity index (χ1v) is 11.1. The van der Waals surface area contributed by atoms with Crippen molar-refractivity contribution in [1.29, 1.82) is 0 Å². The molecular weight excluding hydrogens is 388 g/mol. The predicted octanol–water partition coefficient (Wildman–Crippen LogP) is 4.03. The number of nitrogens with zero attached hydrogens (tertiary/aromatic N) is 1. The normalized spacial score (nSPS) is 11.4. The van der Waals surface area contributed by atoms with Crippen LogP contribution in [0.25, 0.3) is 10.8 Å². The first kappa shape index (κ1) is 20.7. The number of hydrogen-bond acceptors (Lipinski definition) is 4. The van der Waals surface area contributed by atoms with Crippen LogP contribution in [0.15, 0.2) is 66.7 Å². The highest BCUT2D eigenvalue weighted by atomic mass is 32.2. The molecular formula is C22H24N2O4S. The molecule has 29 heavy (non-hydrogen) atoms. The molecule has 3 aromatic rings. The van der Waals surface area contributed by atoms with E-state index < -0.39 is 15.9 Å². The zero-order chi connectivity index (χ0) is 21.0. The topological polar surface area (TPSA) is 75.7 Å². The van der Waals surface area contributed by atoms with Gasteiger partial charge in [-0.3, -0.25) is 9.10 Å². The van der Waals surface area contributed by atoms with E-state index in [2.05, 4.69) is 5.32 Å². The quantitative estimate of drug-likeness (QED) is 0.636. The number of anilines is 2. The van der Waals surface area contributed by atoms with E-state index in [1.54, 1.807) is 30.3 Å². The largest absolute Gasteiger partial charge is 0.491 e. The molecule has 1 N–H and O–H groups in total. The summed E-state index contributed by atoms with van der Waals surface area (Å²) in [6.07, 6.45) is 1.09. The summed E-state index contributed by atoms with van der Waals surface area (Å²) in [7, 11) is -3.64. The fourth-order valence-electron chi connectivity index (χ4n) is 2.96. The lowest BCUT2D eigenvalue weighted by atomic mass is 10.1. The number of benzene rings is 3. The molecule has 7 heteroatoms. The van der Waals surface area contributed by atoms with Gasteiger partial charge < -0.3 is 10.1 Å². The third kappa shape index (κ3) is 5.48. The van der Waals surface area contributed by atoms with Crippen molar-refractivity contribution < 1.29 is 17.9 Å². The number of amides is 1. The first-order valence-electron chi connectivity index (χ1n) is 9.25. The number of ether oxygens (including phenoxy) is 1. The lowest BCUT2D eigenvalue weighted by Gasteiger charge is -2.22. The van der Waals surface area contributed by atoms with Crippen molar-refractivity contribution in [3.05, 3.63) is 66.7 Å². The van der Waals surface area contributed by atoms with Gasteiger partial charge in [-0.2, -0.15) is 0 Å². The molecule has 1 amide bonds. The zero-order valence-electron chi connectivity index (χ0n) is 16.6. The van der Waals surface area contributed by atoms with Crippen LogP contribution in [0.5, 0.6) is 5.75 Å². The molecule has 0 aliphatic rings. The lowest BCUT2D eigenvalue weighted by molar-refractivity contribution is -0.114. The van der Waals surface area contributed by atoms with Crippen LogP contribution in [0.4, 0.5) is 11.4 Å². The van der Waals surface area contributed by atoms with E-state index >= 15 is 0 Å². The Morgan fingerprint density at radius 1 is 1.00 bits per heavy atom. The maximum Gasteiger partial charge on any atom is 0.245 e. The molecule has 0 bridgehead atoms. The fourth-order valence-corrected chi connectivity index (χ4v) is 3.82. The standard InChI is InChI=1S/C22H24N2O4S/c1-16(2)28-21-12-10-20(11-13-21)24(29(3,26)27)15-22(25)23-19-9-8-17-6-4-5-7-18(17)14-19/h4-14,16H,15H2,1-3H3,(H,23,25). The number of rotatable bonds is 7. The number of nitrogens with one attached hydrogen (secondary N) is 1. The number of fused-ring (bicyclic) bond motifs is 1. The SMILES string of the molecule is CC(C)Oc1ccc(N(CC(=O)Nc2ccc3ccccc3c2)S(C)(=O)=O)cc1. The highest BCUT2D eigenvalue weighted by molar-refractivity contribution is 7.92. The molecule has 0 aromatic heterocycles. The molecule has 3 aromatic carbocycles. The van der Waals surface area contributed by atoms with Crippen molar-refractivity contribution in [3.63, 3.8) is 0 Å². The number of hydrogen-bond donors (Lipinski definition) is 1. The van der Waals surface area contributed by atoms with Crippen molar-refractivity contribution in [2.24, 2.45) is 0 Å². The van der Waals surface area contributed by atoms with Gasteiger partial charge in [0.15, 0.2) is 0 Å². The van der Waals surface area contributed by atoms with E-state index in [-0.39, 0.29) is 12.6 Å². The highest BCUT2D eigenvalue weighted by Crippen LogP contribution is 2.23. The predicted molar refractivity (Wildman–Crippen MR) is 117 cm³/mol. The first-order chi connectivity index (χ1) is 13.7. The number of sulfonamides is 1. The van der Waals surface area contributed by atoms with Gasteiger partial charge in [-0.1, -0.05) is 30.3 Å². The summed E-state index contributed by atoms with van der Waals surface area (Å²) in [4.78, 5) is 12.5. The van der Waals surface area contributed by atoms with Crippen molar-refractivity contribution >= 4 is 38.1 Å². The highest BCUT2D eigenvalue weighted by Gasteiger charge is 2.21. The monoisotopic (exact) mass is 412 g/mol. The van der Waals surface area contributed by atoms with Crippen LogP contribution in [0.2, 0.25) is 0 Å².